The van der Waals surface area contributed by atoms with Crippen molar-refractivity contribution in [2.24, 2.45) is 0 Å². The average Bonchev–Trinajstić information content (AvgIpc) is 2.13. The van der Waals surface area contributed by atoms with Gasteiger partial charge in [-0.15, -0.1) is 0 Å². The third-order valence-corrected chi connectivity index (χ3v) is 1.89. The maximum absolute atomic E-state index is 10.2. The van der Waals surface area contributed by atoms with Gasteiger partial charge in [-0.1, -0.05) is 11.8 Å². The van der Waals surface area contributed by atoms with Crippen LogP contribution in [0.15, 0.2) is 12.1 Å². The Hall–Kier alpha value is -2.15. The number of carboxylic acid groups (broad SMARTS) is 1. The number of nitrogen functional groups attached to an aromatic ring is 2. The predicted molar refractivity (Wildman–Crippen MR) is 59.1 cm³/mol. The van der Waals surface area contributed by atoms with Crippen LogP contribution in [-0.4, -0.2) is 11.1 Å². The average molecular weight is 204 g/mol. The minimum Gasteiger partial charge on any atom is -0.481 e. The van der Waals surface area contributed by atoms with Crippen molar-refractivity contribution < 1.29 is 9.90 Å². The van der Waals surface area contributed by atoms with E-state index in [0.29, 0.717) is 16.9 Å². The van der Waals surface area contributed by atoms with E-state index in [1.54, 1.807) is 12.1 Å². The zero-order chi connectivity index (χ0) is 11.4. The first-order valence-corrected chi connectivity index (χ1v) is 4.37. The molecule has 1 aromatic rings. The van der Waals surface area contributed by atoms with E-state index in [-0.39, 0.29) is 6.42 Å². The van der Waals surface area contributed by atoms with E-state index < -0.39 is 5.97 Å². The van der Waals surface area contributed by atoms with Crippen molar-refractivity contribution >= 4 is 17.3 Å². The van der Waals surface area contributed by atoms with Gasteiger partial charge in [0.2, 0.25) is 0 Å². The number of hydrogen-bond donors (Lipinski definition) is 3. The largest absolute Gasteiger partial charge is 0.481 e. The van der Waals surface area contributed by atoms with E-state index in [1.165, 1.54) is 0 Å². The Morgan fingerprint density at radius 2 is 2.00 bits per heavy atom. The summed E-state index contributed by atoms with van der Waals surface area (Å²) in [6.07, 6.45) is -0.177. The summed E-state index contributed by atoms with van der Waals surface area (Å²) in [6.45, 7) is 1.85. The molecule has 78 valence electrons. The van der Waals surface area contributed by atoms with Gasteiger partial charge in [0.05, 0.1) is 11.4 Å². The standard InChI is InChI=1S/C11H12N2O2/c1-7-5-9(12)10(13)6-8(7)3-2-4-11(14)15/h5-6H,4,12-13H2,1H3,(H,14,15). The summed E-state index contributed by atoms with van der Waals surface area (Å²) in [4.78, 5) is 10.2. The summed E-state index contributed by atoms with van der Waals surface area (Å²) in [5.41, 5.74) is 13.8. The Morgan fingerprint density at radius 1 is 1.40 bits per heavy atom. The molecule has 5 N–H and O–H groups in total. The van der Waals surface area contributed by atoms with Gasteiger partial charge in [-0.25, -0.2) is 0 Å². The quantitative estimate of drug-likeness (QED) is 0.470. The molecule has 4 heteroatoms. The maximum atomic E-state index is 10.2. The third kappa shape index (κ3) is 2.92. The topological polar surface area (TPSA) is 89.3 Å². The number of aryl methyl sites for hydroxylation is 1. The second kappa shape index (κ2) is 4.38. The second-order valence-corrected chi connectivity index (χ2v) is 3.17. The molecule has 0 spiro atoms. The monoisotopic (exact) mass is 204 g/mol. The van der Waals surface area contributed by atoms with Gasteiger partial charge >= 0.3 is 5.97 Å². The normalized spacial score (nSPS) is 9.13. The highest BCUT2D eigenvalue weighted by atomic mass is 16.4. The Morgan fingerprint density at radius 3 is 2.60 bits per heavy atom. The Balaban J connectivity index is 2.98. The smallest absolute Gasteiger partial charge is 0.315 e. The highest BCUT2D eigenvalue weighted by Gasteiger charge is 2.00. The van der Waals surface area contributed by atoms with Crippen molar-refractivity contribution in [1.29, 1.82) is 0 Å². The summed E-state index contributed by atoms with van der Waals surface area (Å²) < 4.78 is 0. The molecule has 0 heterocycles. The van der Waals surface area contributed by atoms with Gasteiger partial charge in [-0.2, -0.15) is 0 Å². The molecule has 0 aliphatic rings. The number of carbonyl (C=O) groups is 1. The molecular formula is C11H12N2O2. The fourth-order valence-corrected chi connectivity index (χ4v) is 1.10. The highest BCUT2D eigenvalue weighted by molar-refractivity contribution is 5.71. The van der Waals surface area contributed by atoms with Crippen molar-refractivity contribution in [3.8, 4) is 11.8 Å². The van der Waals surface area contributed by atoms with Gasteiger partial charge in [0.25, 0.3) is 0 Å². The molecule has 0 unspecified atom stereocenters. The lowest BCUT2D eigenvalue weighted by Gasteiger charge is -2.03. The fraction of sp³-hybridized carbons (Fsp3) is 0.182. The number of hydrogen-bond acceptors (Lipinski definition) is 3. The van der Waals surface area contributed by atoms with Crippen LogP contribution in [0.1, 0.15) is 17.5 Å². The molecule has 0 saturated carbocycles. The Bertz CT molecular complexity index is 456. The Labute approximate surface area is 87.9 Å². The minimum absolute atomic E-state index is 0.177. The first-order chi connectivity index (χ1) is 7.00. The summed E-state index contributed by atoms with van der Waals surface area (Å²) in [6, 6.07) is 3.37. The lowest BCUT2D eigenvalue weighted by Crippen LogP contribution is -1.97. The van der Waals surface area contributed by atoms with Gasteiger partial charge < -0.3 is 16.6 Å². The van der Waals surface area contributed by atoms with E-state index in [4.69, 9.17) is 16.6 Å². The number of anilines is 2. The van der Waals surface area contributed by atoms with Crippen LogP contribution in [0.4, 0.5) is 11.4 Å². The van der Waals surface area contributed by atoms with E-state index in [9.17, 15) is 4.79 Å². The second-order valence-electron chi connectivity index (χ2n) is 3.17. The molecule has 0 fully saturated rings. The van der Waals surface area contributed by atoms with E-state index in [0.717, 1.165) is 5.56 Å². The molecule has 0 aliphatic heterocycles. The number of carboxylic acids is 1. The zero-order valence-corrected chi connectivity index (χ0v) is 8.37. The summed E-state index contributed by atoms with van der Waals surface area (Å²) in [5.74, 6) is 4.35. The lowest BCUT2D eigenvalue weighted by molar-refractivity contribution is -0.135. The van der Waals surface area contributed by atoms with Crippen molar-refractivity contribution in [2.45, 2.75) is 13.3 Å². The minimum atomic E-state index is -0.941. The van der Waals surface area contributed by atoms with Crippen molar-refractivity contribution in [3.05, 3.63) is 23.3 Å². The molecule has 0 atom stereocenters. The molecule has 4 nitrogen and oxygen atoms in total. The van der Waals surface area contributed by atoms with Crippen LogP contribution >= 0.6 is 0 Å². The van der Waals surface area contributed by atoms with E-state index in [1.807, 2.05) is 6.92 Å². The first kappa shape index (κ1) is 10.9. The zero-order valence-electron chi connectivity index (χ0n) is 8.37. The molecular weight excluding hydrogens is 192 g/mol. The molecule has 1 rings (SSSR count). The van der Waals surface area contributed by atoms with Crippen LogP contribution in [0.25, 0.3) is 0 Å². The summed E-state index contributed by atoms with van der Waals surface area (Å²) in [5, 5.41) is 8.41. The molecule has 0 aromatic heterocycles. The van der Waals surface area contributed by atoms with Crippen molar-refractivity contribution in [3.63, 3.8) is 0 Å². The number of benzene rings is 1. The first-order valence-electron chi connectivity index (χ1n) is 4.37. The van der Waals surface area contributed by atoms with Crippen molar-refractivity contribution in [2.75, 3.05) is 11.5 Å². The predicted octanol–water partition coefficient (Wildman–Crippen LogP) is 0.986. The van der Waals surface area contributed by atoms with Gasteiger partial charge in [0.15, 0.2) is 0 Å². The number of nitrogens with two attached hydrogens (primary N) is 2. The fourth-order valence-electron chi connectivity index (χ4n) is 1.10. The maximum Gasteiger partial charge on any atom is 0.315 e. The van der Waals surface area contributed by atoms with Gasteiger partial charge in [0, 0.05) is 5.56 Å². The van der Waals surface area contributed by atoms with Crippen LogP contribution in [0, 0.1) is 18.8 Å². The van der Waals surface area contributed by atoms with Gasteiger partial charge in [0.1, 0.15) is 6.42 Å². The van der Waals surface area contributed by atoms with Crippen LogP contribution in [0.5, 0.6) is 0 Å². The number of rotatable bonds is 1. The third-order valence-electron chi connectivity index (χ3n) is 1.89. The van der Waals surface area contributed by atoms with Gasteiger partial charge in [-0.3, -0.25) is 4.79 Å². The lowest BCUT2D eigenvalue weighted by atomic mass is 10.1. The number of aliphatic carboxylic acids is 1. The molecule has 15 heavy (non-hydrogen) atoms. The molecule has 0 radical (unpaired) electrons. The highest BCUT2D eigenvalue weighted by Crippen LogP contribution is 2.19. The molecule has 1 aromatic carbocycles. The van der Waals surface area contributed by atoms with Crippen molar-refractivity contribution in [1.82, 2.24) is 0 Å². The van der Waals surface area contributed by atoms with Crippen LogP contribution in [0.2, 0.25) is 0 Å². The molecule has 0 saturated heterocycles. The summed E-state index contributed by atoms with van der Waals surface area (Å²) in [7, 11) is 0. The summed E-state index contributed by atoms with van der Waals surface area (Å²) >= 11 is 0. The molecule has 0 aliphatic carbocycles. The van der Waals surface area contributed by atoms with Gasteiger partial charge in [-0.05, 0) is 24.6 Å². The van der Waals surface area contributed by atoms with E-state index in [2.05, 4.69) is 11.8 Å². The van der Waals surface area contributed by atoms with E-state index >= 15 is 0 Å². The van der Waals surface area contributed by atoms with Crippen LogP contribution < -0.4 is 11.5 Å². The van der Waals surface area contributed by atoms with Crippen LogP contribution in [-0.2, 0) is 4.79 Å². The molecule has 0 bridgehead atoms. The Kier molecular flexibility index (Phi) is 3.19. The van der Waals surface area contributed by atoms with Crippen LogP contribution in [0.3, 0.4) is 0 Å². The molecule has 0 amide bonds. The SMILES string of the molecule is Cc1cc(N)c(N)cc1C#CCC(=O)O.